The number of likely N-dealkylation sites (tertiary alicyclic amines) is 1. The molecule has 3 N–H and O–H groups in total. The lowest BCUT2D eigenvalue weighted by Gasteiger charge is -2.29. The van der Waals surface area contributed by atoms with Crippen LogP contribution in [-0.2, 0) is 4.74 Å². The molecule has 2 aromatic heterocycles. The van der Waals surface area contributed by atoms with Gasteiger partial charge in [-0.2, -0.15) is 0 Å². The Morgan fingerprint density at radius 2 is 1.89 bits per heavy atom. The van der Waals surface area contributed by atoms with E-state index in [4.69, 9.17) is 14.7 Å². The van der Waals surface area contributed by atoms with Crippen LogP contribution in [0.5, 0.6) is 0 Å². The van der Waals surface area contributed by atoms with Crippen LogP contribution in [0, 0.1) is 5.92 Å². The molecular weight excluding hydrogens is 445 g/mol. The van der Waals surface area contributed by atoms with E-state index in [1.165, 1.54) is 0 Å². The number of nitrogens with one attached hydrogen (secondary N) is 1. The van der Waals surface area contributed by atoms with Gasteiger partial charge in [0.25, 0.3) is 0 Å². The molecule has 3 atom stereocenters. The van der Waals surface area contributed by atoms with E-state index in [0.717, 1.165) is 35.3 Å². The molecule has 0 spiro atoms. The minimum Gasteiger partial charge on any atom is -0.444 e. The number of benzene rings is 2. The number of aromatic nitrogens is 4. The number of carbonyl (C=O) groups is 1. The quantitative estimate of drug-likeness (QED) is 0.393. The van der Waals surface area contributed by atoms with Crippen molar-refractivity contribution in [3.8, 4) is 11.3 Å². The monoisotopic (exact) mass is 471 g/mol. The van der Waals surface area contributed by atoms with Gasteiger partial charge < -0.3 is 19.8 Å². The van der Waals surface area contributed by atoms with Crippen molar-refractivity contribution in [1.82, 2.24) is 24.8 Å². The average molecular weight is 471 g/mol. The normalized spacial score (nSPS) is 21.4. The number of hydrogen-bond donors (Lipinski definition) is 3. The van der Waals surface area contributed by atoms with Crippen LogP contribution in [0.1, 0.15) is 45.5 Å². The van der Waals surface area contributed by atoms with E-state index in [-0.39, 0.29) is 18.2 Å². The maximum atomic E-state index is 12.9. The van der Waals surface area contributed by atoms with E-state index in [1.807, 2.05) is 43.9 Å². The summed E-state index contributed by atoms with van der Waals surface area (Å²) >= 11 is 0. The van der Waals surface area contributed by atoms with Crippen LogP contribution in [0.4, 0.5) is 4.79 Å². The Balaban J connectivity index is 1.30. The van der Waals surface area contributed by atoms with Crippen LogP contribution in [-0.4, -0.2) is 59.7 Å². The summed E-state index contributed by atoms with van der Waals surface area (Å²) in [4.78, 5) is 32.2. The summed E-state index contributed by atoms with van der Waals surface area (Å²) < 4.78 is 5.68. The molecule has 1 saturated carbocycles. The van der Waals surface area contributed by atoms with E-state index in [2.05, 4.69) is 9.97 Å². The largest absolute Gasteiger partial charge is 0.488 e. The third-order valence-electron chi connectivity index (χ3n) is 6.68. The number of fused-ring (bicyclic) bond motifs is 3. The van der Waals surface area contributed by atoms with Gasteiger partial charge in [-0.1, -0.05) is 12.1 Å². The van der Waals surface area contributed by atoms with Crippen molar-refractivity contribution in [1.29, 1.82) is 0 Å². The summed E-state index contributed by atoms with van der Waals surface area (Å²) in [5.41, 5.74) is 4.35. The molecular formula is C25H26BN5O4. The lowest BCUT2D eigenvalue weighted by atomic mass is 9.80. The van der Waals surface area contributed by atoms with Gasteiger partial charge in [-0.15, -0.1) is 0 Å². The van der Waals surface area contributed by atoms with Crippen LogP contribution in [0.3, 0.4) is 0 Å². The Hall–Kier alpha value is -3.50. The standard InChI is InChI=1S/C25H26BN5O4/c1-25(2,3)35-24(32)31-21-9-14(21)10-22(31)23-29-17-6-4-13(8-19(17)30-23)20-12-27-18-11-15(26(33)34)5-7-16(18)28-20/h4-8,11-12,14,21-22,33-34H,9-10H2,1-3H3,(H,29,30)/t14-,21+,22-/m0/s1. The highest BCUT2D eigenvalue weighted by molar-refractivity contribution is 6.58. The van der Waals surface area contributed by atoms with Gasteiger partial charge in [0, 0.05) is 11.6 Å². The summed E-state index contributed by atoms with van der Waals surface area (Å²) in [6, 6.07) is 11.0. The molecule has 6 rings (SSSR count). The van der Waals surface area contributed by atoms with Crippen molar-refractivity contribution in [3.05, 3.63) is 48.4 Å². The molecule has 4 aromatic rings. The predicted octanol–water partition coefficient (Wildman–Crippen LogP) is 2.92. The Kier molecular flexibility index (Phi) is 4.88. The maximum absolute atomic E-state index is 12.9. The van der Waals surface area contributed by atoms with Gasteiger partial charge in [-0.05, 0) is 69.3 Å². The van der Waals surface area contributed by atoms with Crippen molar-refractivity contribution in [2.24, 2.45) is 5.92 Å². The second kappa shape index (κ2) is 7.76. The first-order valence-electron chi connectivity index (χ1n) is 11.8. The summed E-state index contributed by atoms with van der Waals surface area (Å²) in [6.07, 6.45) is 3.30. The first-order valence-corrected chi connectivity index (χ1v) is 11.8. The number of H-pyrrole nitrogens is 1. The Labute approximate surface area is 202 Å². The van der Waals surface area contributed by atoms with Crippen LogP contribution in [0.15, 0.2) is 42.6 Å². The smallest absolute Gasteiger partial charge is 0.444 e. The zero-order chi connectivity index (χ0) is 24.5. The maximum Gasteiger partial charge on any atom is 0.488 e. The first kappa shape index (κ1) is 22.0. The highest BCUT2D eigenvalue weighted by atomic mass is 16.6. The Morgan fingerprint density at radius 1 is 1.09 bits per heavy atom. The van der Waals surface area contributed by atoms with E-state index in [1.54, 1.807) is 24.4 Å². The fourth-order valence-electron chi connectivity index (χ4n) is 4.95. The molecule has 10 heteroatoms. The number of amides is 1. The Bertz CT molecular complexity index is 1460. The molecule has 1 aliphatic carbocycles. The van der Waals surface area contributed by atoms with Gasteiger partial charge in [0.05, 0.1) is 40.0 Å². The lowest BCUT2D eigenvalue weighted by Crippen LogP contribution is -2.38. The van der Waals surface area contributed by atoms with Crippen molar-refractivity contribution >= 4 is 40.7 Å². The number of ether oxygens (including phenoxy) is 1. The van der Waals surface area contributed by atoms with Gasteiger partial charge in [0.15, 0.2) is 0 Å². The van der Waals surface area contributed by atoms with E-state index < -0.39 is 12.7 Å². The molecule has 0 radical (unpaired) electrons. The molecule has 0 bridgehead atoms. The van der Waals surface area contributed by atoms with Gasteiger partial charge in [0.1, 0.15) is 11.4 Å². The number of hydrogen-bond acceptors (Lipinski definition) is 7. The summed E-state index contributed by atoms with van der Waals surface area (Å²) in [7, 11) is -1.55. The number of nitrogens with zero attached hydrogens (tertiary/aromatic N) is 4. The molecule has 3 heterocycles. The van der Waals surface area contributed by atoms with Crippen LogP contribution in [0.25, 0.3) is 33.3 Å². The fraction of sp³-hybridized carbons (Fsp3) is 0.360. The molecule has 35 heavy (non-hydrogen) atoms. The molecule has 0 unspecified atom stereocenters. The average Bonchev–Trinajstić information content (AvgIpc) is 3.25. The SMILES string of the molecule is CC(C)(C)OC(=O)N1[C@@H]2C[C@H]2C[C@H]1c1nc2ccc(-c3cnc4cc(B(O)O)ccc4n3)cc2[nH]1. The number of imidazole rings is 1. The van der Waals surface area contributed by atoms with Gasteiger partial charge >= 0.3 is 13.2 Å². The number of aromatic amines is 1. The fourth-order valence-corrected chi connectivity index (χ4v) is 4.95. The van der Waals surface area contributed by atoms with Crippen LogP contribution < -0.4 is 5.46 Å². The third-order valence-corrected chi connectivity index (χ3v) is 6.68. The molecule has 2 fully saturated rings. The number of piperidine rings is 1. The molecule has 9 nitrogen and oxygen atoms in total. The lowest BCUT2D eigenvalue weighted by molar-refractivity contribution is 0.0175. The van der Waals surface area contributed by atoms with Crippen molar-refractivity contribution in [3.63, 3.8) is 0 Å². The topological polar surface area (TPSA) is 124 Å². The first-order chi connectivity index (χ1) is 16.7. The number of carbonyl (C=O) groups excluding carboxylic acids is 1. The minimum absolute atomic E-state index is 0.124. The minimum atomic E-state index is -1.55. The van der Waals surface area contributed by atoms with Crippen LogP contribution in [0.2, 0.25) is 0 Å². The van der Waals surface area contributed by atoms with Gasteiger partial charge in [-0.25, -0.2) is 14.8 Å². The highest BCUT2D eigenvalue weighted by Gasteiger charge is 2.56. The molecule has 1 saturated heterocycles. The van der Waals surface area contributed by atoms with Gasteiger partial charge in [-0.3, -0.25) is 9.88 Å². The number of rotatable bonds is 3. The second-order valence-electron chi connectivity index (χ2n) is 10.4. The van der Waals surface area contributed by atoms with E-state index >= 15 is 0 Å². The zero-order valence-electron chi connectivity index (χ0n) is 19.8. The third kappa shape index (κ3) is 4.02. The molecule has 1 amide bonds. The second-order valence-corrected chi connectivity index (χ2v) is 10.4. The molecule has 178 valence electrons. The zero-order valence-corrected chi connectivity index (χ0v) is 19.8. The van der Waals surface area contributed by atoms with Crippen molar-refractivity contribution in [2.45, 2.75) is 51.3 Å². The molecule has 1 aliphatic heterocycles. The van der Waals surface area contributed by atoms with Crippen molar-refractivity contribution in [2.75, 3.05) is 0 Å². The Morgan fingerprint density at radius 3 is 2.66 bits per heavy atom. The van der Waals surface area contributed by atoms with E-state index in [9.17, 15) is 14.8 Å². The molecule has 2 aromatic carbocycles. The summed E-state index contributed by atoms with van der Waals surface area (Å²) in [5, 5.41) is 18.8. The molecule has 2 aliphatic rings. The van der Waals surface area contributed by atoms with Crippen LogP contribution >= 0.6 is 0 Å². The predicted molar refractivity (Wildman–Crippen MR) is 132 cm³/mol. The highest BCUT2D eigenvalue weighted by Crippen LogP contribution is 2.53. The van der Waals surface area contributed by atoms with Crippen molar-refractivity contribution < 1.29 is 19.6 Å². The summed E-state index contributed by atoms with van der Waals surface area (Å²) in [6.45, 7) is 5.65. The van der Waals surface area contributed by atoms with Gasteiger partial charge in [0.2, 0.25) is 0 Å². The summed E-state index contributed by atoms with van der Waals surface area (Å²) in [5.74, 6) is 1.28. The van der Waals surface area contributed by atoms with E-state index in [0.29, 0.717) is 28.1 Å².